The van der Waals surface area contributed by atoms with E-state index in [0.717, 1.165) is 32.4 Å². The van der Waals surface area contributed by atoms with Crippen LogP contribution in [-0.4, -0.2) is 18.6 Å². The molecule has 16 heavy (non-hydrogen) atoms. The summed E-state index contributed by atoms with van der Waals surface area (Å²) in [5.74, 6) is 0. The predicted octanol–water partition coefficient (Wildman–Crippen LogP) is 1.18. The fourth-order valence-corrected chi connectivity index (χ4v) is 2.21. The highest BCUT2D eigenvalue weighted by Gasteiger charge is 2.27. The van der Waals surface area contributed by atoms with Gasteiger partial charge >= 0.3 is 0 Å². The monoisotopic (exact) mass is 215 g/mol. The molecule has 1 aromatic carbocycles. The van der Waals surface area contributed by atoms with E-state index in [1.807, 2.05) is 24.3 Å². The average molecular weight is 215 g/mol. The third kappa shape index (κ3) is 2.60. The number of benzene rings is 1. The second-order valence-corrected chi connectivity index (χ2v) is 4.60. The molecular formula is C13H17N3. The molecule has 1 aromatic rings. The number of piperidine rings is 1. The lowest BCUT2D eigenvalue weighted by atomic mass is 9.83. The van der Waals surface area contributed by atoms with Gasteiger partial charge in [0.1, 0.15) is 0 Å². The van der Waals surface area contributed by atoms with Gasteiger partial charge in [0.15, 0.2) is 0 Å². The highest BCUT2D eigenvalue weighted by Crippen LogP contribution is 2.20. The van der Waals surface area contributed by atoms with E-state index in [9.17, 15) is 0 Å². The SMILES string of the molecule is N#Cc1ccc(CC2(N)CCNCC2)cc1. The van der Waals surface area contributed by atoms with Crippen molar-refractivity contribution in [2.24, 2.45) is 5.73 Å². The highest BCUT2D eigenvalue weighted by atomic mass is 14.9. The van der Waals surface area contributed by atoms with E-state index in [0.29, 0.717) is 5.56 Å². The topological polar surface area (TPSA) is 61.8 Å². The molecule has 0 spiro atoms. The van der Waals surface area contributed by atoms with Crippen molar-refractivity contribution in [3.8, 4) is 6.07 Å². The van der Waals surface area contributed by atoms with E-state index in [-0.39, 0.29) is 5.54 Å². The van der Waals surface area contributed by atoms with Gasteiger partial charge in [0.2, 0.25) is 0 Å². The Morgan fingerprint density at radius 3 is 2.44 bits per heavy atom. The van der Waals surface area contributed by atoms with Crippen LogP contribution in [0, 0.1) is 11.3 Å². The lowest BCUT2D eigenvalue weighted by Crippen LogP contribution is -2.50. The molecule has 3 N–H and O–H groups in total. The zero-order chi connectivity index (χ0) is 11.4. The lowest BCUT2D eigenvalue weighted by molar-refractivity contribution is 0.308. The molecule has 0 aromatic heterocycles. The van der Waals surface area contributed by atoms with Crippen molar-refractivity contribution in [3.63, 3.8) is 0 Å². The first-order chi connectivity index (χ1) is 7.72. The Hall–Kier alpha value is -1.37. The zero-order valence-electron chi connectivity index (χ0n) is 9.37. The van der Waals surface area contributed by atoms with E-state index < -0.39 is 0 Å². The molecule has 1 aliphatic rings. The average Bonchev–Trinajstić information content (AvgIpc) is 2.30. The van der Waals surface area contributed by atoms with Crippen LogP contribution in [0.25, 0.3) is 0 Å². The lowest BCUT2D eigenvalue weighted by Gasteiger charge is -2.34. The molecule has 1 heterocycles. The summed E-state index contributed by atoms with van der Waals surface area (Å²) in [5, 5.41) is 12.0. The van der Waals surface area contributed by atoms with Gasteiger partial charge in [0.25, 0.3) is 0 Å². The Morgan fingerprint density at radius 1 is 1.25 bits per heavy atom. The first kappa shape index (κ1) is 11.1. The van der Waals surface area contributed by atoms with Gasteiger partial charge in [-0.3, -0.25) is 0 Å². The molecule has 3 heteroatoms. The molecule has 0 bridgehead atoms. The Labute approximate surface area is 96.3 Å². The van der Waals surface area contributed by atoms with Crippen LogP contribution in [0.4, 0.5) is 0 Å². The predicted molar refractivity (Wildman–Crippen MR) is 63.9 cm³/mol. The molecular weight excluding hydrogens is 198 g/mol. The maximum atomic E-state index is 8.72. The Balaban J connectivity index is 2.05. The third-order valence-corrected chi connectivity index (χ3v) is 3.24. The fourth-order valence-electron chi connectivity index (χ4n) is 2.21. The second kappa shape index (κ2) is 4.65. The van der Waals surface area contributed by atoms with Gasteiger partial charge in [-0.2, -0.15) is 5.26 Å². The van der Waals surface area contributed by atoms with Crippen LogP contribution < -0.4 is 11.1 Å². The minimum Gasteiger partial charge on any atom is -0.325 e. The van der Waals surface area contributed by atoms with Crippen LogP contribution >= 0.6 is 0 Å². The van der Waals surface area contributed by atoms with E-state index >= 15 is 0 Å². The Bertz CT molecular complexity index is 383. The second-order valence-electron chi connectivity index (χ2n) is 4.60. The molecule has 0 aliphatic carbocycles. The largest absolute Gasteiger partial charge is 0.325 e. The normalized spacial score (nSPS) is 19.0. The smallest absolute Gasteiger partial charge is 0.0991 e. The standard InChI is InChI=1S/C13H17N3/c14-10-12-3-1-11(2-4-12)9-13(15)5-7-16-8-6-13/h1-4,16H,5-9,15H2. The number of hydrogen-bond donors (Lipinski definition) is 2. The third-order valence-electron chi connectivity index (χ3n) is 3.24. The van der Waals surface area contributed by atoms with Gasteiger partial charge in [0.05, 0.1) is 11.6 Å². The number of nitrogens with two attached hydrogens (primary N) is 1. The highest BCUT2D eigenvalue weighted by molar-refractivity contribution is 5.32. The number of hydrogen-bond acceptors (Lipinski definition) is 3. The van der Waals surface area contributed by atoms with Gasteiger partial charge in [0, 0.05) is 5.54 Å². The number of rotatable bonds is 2. The maximum absolute atomic E-state index is 8.72. The van der Waals surface area contributed by atoms with Crippen LogP contribution in [0.15, 0.2) is 24.3 Å². The van der Waals surface area contributed by atoms with E-state index in [1.54, 1.807) is 0 Å². The van der Waals surface area contributed by atoms with Crippen LogP contribution in [0.2, 0.25) is 0 Å². The van der Waals surface area contributed by atoms with E-state index in [4.69, 9.17) is 11.0 Å². The van der Waals surface area contributed by atoms with Gasteiger partial charge < -0.3 is 11.1 Å². The first-order valence-electron chi connectivity index (χ1n) is 5.70. The Morgan fingerprint density at radius 2 is 1.88 bits per heavy atom. The van der Waals surface area contributed by atoms with Crippen molar-refractivity contribution in [1.29, 1.82) is 5.26 Å². The Kier molecular flexibility index (Phi) is 3.23. The van der Waals surface area contributed by atoms with Crippen LogP contribution in [0.5, 0.6) is 0 Å². The van der Waals surface area contributed by atoms with Gasteiger partial charge in [-0.15, -0.1) is 0 Å². The van der Waals surface area contributed by atoms with Gasteiger partial charge in [-0.1, -0.05) is 12.1 Å². The molecule has 1 fully saturated rings. The summed E-state index contributed by atoms with van der Waals surface area (Å²) in [6, 6.07) is 9.87. The number of nitriles is 1. The summed E-state index contributed by atoms with van der Waals surface area (Å²) >= 11 is 0. The van der Waals surface area contributed by atoms with Crippen LogP contribution in [-0.2, 0) is 6.42 Å². The summed E-state index contributed by atoms with van der Waals surface area (Å²) < 4.78 is 0. The molecule has 1 aliphatic heterocycles. The molecule has 3 nitrogen and oxygen atoms in total. The van der Waals surface area contributed by atoms with Crippen molar-refractivity contribution in [2.75, 3.05) is 13.1 Å². The van der Waals surface area contributed by atoms with E-state index in [2.05, 4.69) is 11.4 Å². The molecule has 0 radical (unpaired) electrons. The number of nitrogens with one attached hydrogen (secondary N) is 1. The van der Waals surface area contributed by atoms with E-state index in [1.165, 1.54) is 5.56 Å². The molecule has 1 saturated heterocycles. The number of nitrogens with zero attached hydrogens (tertiary/aromatic N) is 1. The first-order valence-corrected chi connectivity index (χ1v) is 5.70. The van der Waals surface area contributed by atoms with Crippen molar-refractivity contribution >= 4 is 0 Å². The molecule has 0 amide bonds. The molecule has 0 saturated carbocycles. The molecule has 0 unspecified atom stereocenters. The molecule has 2 rings (SSSR count). The minimum atomic E-state index is -0.0700. The van der Waals surface area contributed by atoms with Crippen LogP contribution in [0.1, 0.15) is 24.0 Å². The van der Waals surface area contributed by atoms with Gasteiger partial charge in [-0.05, 0) is 50.0 Å². The molecule has 0 atom stereocenters. The van der Waals surface area contributed by atoms with Crippen molar-refractivity contribution in [1.82, 2.24) is 5.32 Å². The van der Waals surface area contributed by atoms with Crippen molar-refractivity contribution in [3.05, 3.63) is 35.4 Å². The van der Waals surface area contributed by atoms with Crippen LogP contribution in [0.3, 0.4) is 0 Å². The summed E-state index contributed by atoms with van der Waals surface area (Å²) in [5.41, 5.74) is 8.22. The fraction of sp³-hybridized carbons (Fsp3) is 0.462. The van der Waals surface area contributed by atoms with Gasteiger partial charge in [-0.25, -0.2) is 0 Å². The summed E-state index contributed by atoms with van der Waals surface area (Å²) in [6.45, 7) is 2.01. The summed E-state index contributed by atoms with van der Waals surface area (Å²) in [4.78, 5) is 0. The van der Waals surface area contributed by atoms with Crippen molar-refractivity contribution in [2.45, 2.75) is 24.8 Å². The summed E-state index contributed by atoms with van der Waals surface area (Å²) in [7, 11) is 0. The summed E-state index contributed by atoms with van der Waals surface area (Å²) in [6.07, 6.45) is 2.94. The van der Waals surface area contributed by atoms with Crippen molar-refractivity contribution < 1.29 is 0 Å². The molecule has 84 valence electrons. The maximum Gasteiger partial charge on any atom is 0.0991 e. The minimum absolute atomic E-state index is 0.0700. The zero-order valence-corrected chi connectivity index (χ0v) is 9.37. The quantitative estimate of drug-likeness (QED) is 0.778.